The van der Waals surface area contributed by atoms with E-state index in [1.54, 1.807) is 26.6 Å². The molecule has 11 nitrogen and oxygen atoms in total. The maximum atomic E-state index is 14.4. The first-order valence-corrected chi connectivity index (χ1v) is 18.1. The first kappa shape index (κ1) is 34.9. The number of hydrogen-bond acceptors (Lipinski definition) is 9. The van der Waals surface area contributed by atoms with E-state index in [-0.39, 0.29) is 24.5 Å². The summed E-state index contributed by atoms with van der Waals surface area (Å²) in [5.41, 5.74) is 3.67. The van der Waals surface area contributed by atoms with Crippen molar-refractivity contribution in [2.24, 2.45) is 11.8 Å². The van der Waals surface area contributed by atoms with Crippen LogP contribution in [-0.4, -0.2) is 76.4 Å². The fourth-order valence-electron chi connectivity index (χ4n) is 7.27. The highest BCUT2D eigenvalue weighted by Gasteiger charge is 2.35. The lowest BCUT2D eigenvalue weighted by atomic mass is 9.79. The van der Waals surface area contributed by atoms with Crippen LogP contribution in [0.4, 0.5) is 10.6 Å². The molecular formula is C38H51N5O6. The van der Waals surface area contributed by atoms with Crippen molar-refractivity contribution in [2.45, 2.75) is 109 Å². The molecule has 3 aliphatic rings. The molecule has 0 aromatic carbocycles. The Hall–Kier alpha value is -3.99. The minimum atomic E-state index is -0.577. The molecule has 3 fully saturated rings. The van der Waals surface area contributed by atoms with Gasteiger partial charge in [-0.25, -0.2) is 14.8 Å². The predicted octanol–water partition coefficient (Wildman–Crippen LogP) is 7.03. The summed E-state index contributed by atoms with van der Waals surface area (Å²) in [7, 11) is 3.31. The Morgan fingerprint density at radius 2 is 1.73 bits per heavy atom. The Morgan fingerprint density at radius 3 is 2.41 bits per heavy atom. The first-order chi connectivity index (χ1) is 23.7. The predicted molar refractivity (Wildman–Crippen MR) is 185 cm³/mol. The molecule has 0 bridgehead atoms. The van der Waals surface area contributed by atoms with E-state index in [1.165, 1.54) is 4.90 Å². The molecule has 49 heavy (non-hydrogen) atoms. The third-order valence-electron chi connectivity index (χ3n) is 10.6. The van der Waals surface area contributed by atoms with Crippen LogP contribution in [0.1, 0.15) is 107 Å². The average Bonchev–Trinajstić information content (AvgIpc) is 3.86. The van der Waals surface area contributed by atoms with Gasteiger partial charge in [-0.15, -0.1) is 0 Å². The second-order valence-electron chi connectivity index (χ2n) is 14.2. The van der Waals surface area contributed by atoms with Crippen LogP contribution in [-0.2, 0) is 9.53 Å². The summed E-state index contributed by atoms with van der Waals surface area (Å²) in [6.07, 6.45) is 11.5. The highest BCUT2D eigenvalue weighted by Crippen LogP contribution is 2.41. The highest BCUT2D eigenvalue weighted by molar-refractivity contribution is 5.94. The van der Waals surface area contributed by atoms with Crippen LogP contribution >= 0.6 is 0 Å². The smallest absolute Gasteiger partial charge is 0.409 e. The number of carbonyl (C=O) groups excluding carboxylic acids is 2. The van der Waals surface area contributed by atoms with Gasteiger partial charge in [-0.1, -0.05) is 6.92 Å². The number of amides is 2. The van der Waals surface area contributed by atoms with Crippen molar-refractivity contribution in [2.75, 3.05) is 32.1 Å². The molecule has 1 atom stereocenters. The lowest BCUT2D eigenvalue weighted by molar-refractivity contribution is -0.124. The van der Waals surface area contributed by atoms with Gasteiger partial charge in [0.15, 0.2) is 5.89 Å². The normalized spacial score (nSPS) is 23.0. The van der Waals surface area contributed by atoms with Crippen molar-refractivity contribution in [3.63, 3.8) is 0 Å². The molecule has 1 unspecified atom stereocenters. The average molecular weight is 674 g/mol. The van der Waals surface area contributed by atoms with E-state index in [4.69, 9.17) is 28.8 Å². The zero-order valence-electron chi connectivity index (χ0n) is 29.3. The van der Waals surface area contributed by atoms with Crippen molar-refractivity contribution >= 4 is 17.8 Å². The number of ether oxygens (including phenoxy) is 2. The van der Waals surface area contributed by atoms with E-state index in [9.17, 15) is 14.7 Å². The van der Waals surface area contributed by atoms with Gasteiger partial charge in [-0.05, 0) is 108 Å². The van der Waals surface area contributed by atoms with E-state index in [2.05, 4.69) is 6.07 Å². The Labute approximate surface area is 289 Å². The molecule has 11 heteroatoms. The molecule has 0 saturated heterocycles. The number of anilines is 1. The van der Waals surface area contributed by atoms with Crippen LogP contribution in [0.3, 0.4) is 0 Å². The third kappa shape index (κ3) is 8.60. The van der Waals surface area contributed by atoms with Gasteiger partial charge >= 0.3 is 6.09 Å². The molecule has 3 saturated carbocycles. The number of likely N-dealkylation sites (N-methyl/N-ethyl adjacent to an activating group) is 1. The SMILES string of the molecule is CCC(O)CN(C)C(=O)OC1CCC(C(=O)N(CC2CCC(c3ccc(OC)c(C)n3)CC2)c2cc(-c3coc(C4CC4)n3)ccn2)CC1. The number of methoxy groups -OCH3 is 1. The maximum Gasteiger partial charge on any atom is 0.409 e. The summed E-state index contributed by atoms with van der Waals surface area (Å²) in [4.78, 5) is 44.6. The summed E-state index contributed by atoms with van der Waals surface area (Å²) in [5.74, 6) is 3.26. The second kappa shape index (κ2) is 15.7. The van der Waals surface area contributed by atoms with Gasteiger partial charge in [0.1, 0.15) is 29.6 Å². The number of aryl methyl sites for hydroxylation is 1. The van der Waals surface area contributed by atoms with E-state index < -0.39 is 12.2 Å². The van der Waals surface area contributed by atoms with E-state index in [1.807, 2.05) is 36.9 Å². The molecule has 3 aromatic rings. The number of hydrogen-bond donors (Lipinski definition) is 1. The molecule has 1 N–H and O–H groups in total. The Morgan fingerprint density at radius 1 is 1.00 bits per heavy atom. The lowest BCUT2D eigenvalue weighted by Crippen LogP contribution is -2.43. The van der Waals surface area contributed by atoms with Crippen molar-refractivity contribution < 1.29 is 28.6 Å². The van der Waals surface area contributed by atoms with Crippen molar-refractivity contribution in [1.29, 1.82) is 0 Å². The number of aliphatic hydroxyl groups is 1. The van der Waals surface area contributed by atoms with Gasteiger partial charge in [-0.2, -0.15) is 0 Å². The summed E-state index contributed by atoms with van der Waals surface area (Å²) in [5, 5.41) is 9.93. The quantitative estimate of drug-likeness (QED) is 0.215. The van der Waals surface area contributed by atoms with Gasteiger partial charge in [-0.3, -0.25) is 14.7 Å². The minimum Gasteiger partial charge on any atom is -0.495 e. The van der Waals surface area contributed by atoms with Crippen LogP contribution in [0.25, 0.3) is 11.3 Å². The van der Waals surface area contributed by atoms with E-state index >= 15 is 0 Å². The van der Waals surface area contributed by atoms with Crippen molar-refractivity contribution in [3.8, 4) is 17.0 Å². The van der Waals surface area contributed by atoms with Gasteiger partial charge in [0.05, 0.1) is 18.9 Å². The molecule has 0 spiro atoms. The fraction of sp³-hybridized carbons (Fsp3) is 0.605. The lowest BCUT2D eigenvalue weighted by Gasteiger charge is -2.35. The van der Waals surface area contributed by atoms with Crippen LogP contribution in [0.2, 0.25) is 0 Å². The molecule has 3 heterocycles. The Kier molecular flexibility index (Phi) is 11.2. The molecule has 2 amide bonds. The fourth-order valence-corrected chi connectivity index (χ4v) is 7.27. The second-order valence-corrected chi connectivity index (χ2v) is 14.2. The Bertz CT molecular complexity index is 1570. The monoisotopic (exact) mass is 673 g/mol. The number of nitrogens with zero attached hydrogens (tertiary/aromatic N) is 5. The number of rotatable bonds is 12. The first-order valence-electron chi connectivity index (χ1n) is 18.1. The van der Waals surface area contributed by atoms with Crippen LogP contribution in [0.5, 0.6) is 5.75 Å². The molecule has 0 aliphatic heterocycles. The summed E-state index contributed by atoms with van der Waals surface area (Å²) < 4.78 is 16.9. The number of carbonyl (C=O) groups is 2. The number of aliphatic hydroxyl groups excluding tert-OH is 1. The Balaban J connectivity index is 1.13. The topological polar surface area (TPSA) is 131 Å². The zero-order chi connectivity index (χ0) is 34.5. The molecule has 264 valence electrons. The molecule has 6 rings (SSSR count). The molecular weight excluding hydrogens is 622 g/mol. The van der Waals surface area contributed by atoms with Crippen molar-refractivity contribution in [3.05, 3.63) is 54.0 Å². The van der Waals surface area contributed by atoms with Crippen LogP contribution in [0, 0.1) is 18.8 Å². The third-order valence-corrected chi connectivity index (χ3v) is 10.6. The van der Waals surface area contributed by atoms with Gasteiger partial charge < -0.3 is 23.9 Å². The van der Waals surface area contributed by atoms with Crippen LogP contribution < -0.4 is 9.64 Å². The standard InChI is InChI=1S/C38H51N5O6/c1-5-30(44)22-42(3)38(46)49-31-14-12-28(13-15-31)37(45)43(35-20-29(18-19-39-35)33-23-48-36(41-33)27-10-11-27)21-25-6-8-26(9-7-25)32-16-17-34(47-4)24(2)40-32/h16-20,23,25-28,30-31,44H,5-15,21-22H2,1-4H3. The largest absolute Gasteiger partial charge is 0.495 e. The van der Waals surface area contributed by atoms with E-state index in [0.29, 0.717) is 62.2 Å². The van der Waals surface area contributed by atoms with Crippen LogP contribution in [0.15, 0.2) is 41.1 Å². The van der Waals surface area contributed by atoms with Gasteiger partial charge in [0, 0.05) is 55.3 Å². The number of aromatic nitrogens is 3. The summed E-state index contributed by atoms with van der Waals surface area (Å²) >= 11 is 0. The van der Waals surface area contributed by atoms with Gasteiger partial charge in [0.2, 0.25) is 5.91 Å². The highest BCUT2D eigenvalue weighted by atomic mass is 16.6. The summed E-state index contributed by atoms with van der Waals surface area (Å²) in [6, 6.07) is 7.98. The minimum absolute atomic E-state index is 0.0750. The number of oxazole rings is 1. The zero-order valence-corrected chi connectivity index (χ0v) is 29.3. The molecule has 3 aromatic heterocycles. The molecule has 3 aliphatic carbocycles. The van der Waals surface area contributed by atoms with Gasteiger partial charge in [0.25, 0.3) is 0 Å². The summed E-state index contributed by atoms with van der Waals surface area (Å²) in [6.45, 7) is 4.70. The molecule has 0 radical (unpaired) electrons. The van der Waals surface area contributed by atoms with E-state index in [0.717, 1.165) is 72.8 Å². The number of pyridine rings is 2. The van der Waals surface area contributed by atoms with Crippen molar-refractivity contribution in [1.82, 2.24) is 19.9 Å². The maximum absolute atomic E-state index is 14.4.